The van der Waals surface area contributed by atoms with Crippen LogP contribution < -0.4 is 0 Å². The van der Waals surface area contributed by atoms with Crippen LogP contribution in [0.1, 0.15) is 95.6 Å². The highest BCUT2D eigenvalue weighted by Gasteiger charge is 2.42. The summed E-state index contributed by atoms with van der Waals surface area (Å²) in [5.74, 6) is 0. The summed E-state index contributed by atoms with van der Waals surface area (Å²) in [6, 6.07) is 22.2. The van der Waals surface area contributed by atoms with Crippen molar-refractivity contribution >= 4 is 0 Å². The van der Waals surface area contributed by atoms with Crippen molar-refractivity contribution in [2.45, 2.75) is 96.6 Å². The van der Waals surface area contributed by atoms with E-state index in [0.717, 1.165) is 11.0 Å². The molecule has 0 spiro atoms. The molecular weight excluding hydrogens is 362 g/mol. The maximum Gasteiger partial charge on any atom is 0.122 e. The molecule has 166 valence electrons. The Balaban J connectivity index is 1.90. The maximum absolute atomic E-state index is 2.49. The molecule has 2 aromatic rings. The van der Waals surface area contributed by atoms with Gasteiger partial charge in [0.2, 0.25) is 0 Å². The van der Waals surface area contributed by atoms with Crippen molar-refractivity contribution in [3.63, 3.8) is 0 Å². The minimum atomic E-state index is 0.122. The van der Waals surface area contributed by atoms with E-state index in [1.165, 1.54) is 81.8 Å². The lowest BCUT2D eigenvalue weighted by Crippen LogP contribution is -2.55. The highest BCUT2D eigenvalue weighted by atomic mass is 15.4. The highest BCUT2D eigenvalue weighted by molar-refractivity contribution is 5.22. The molecule has 0 saturated heterocycles. The fourth-order valence-corrected chi connectivity index (χ4v) is 4.76. The van der Waals surface area contributed by atoms with Crippen molar-refractivity contribution in [1.29, 1.82) is 0 Å². The van der Waals surface area contributed by atoms with Crippen LogP contribution in [0.5, 0.6) is 0 Å². The molecule has 0 radical (unpaired) electrons. The molecule has 0 aliphatic carbocycles. The Hall–Kier alpha value is -1.60. The number of hydrogen-bond acceptors (Lipinski definition) is 0. The lowest BCUT2D eigenvalue weighted by atomic mass is 9.82. The minimum absolute atomic E-state index is 0.122. The molecule has 0 bridgehead atoms. The number of unbranched alkanes of at least 4 members (excludes halogenated alkanes) is 9. The SMILES string of the molecule is CCCCCCCCCCCCC(C)(c1ccccc1)[N+](C)(C)Cc1ccccc1. The van der Waals surface area contributed by atoms with Gasteiger partial charge in [-0.3, -0.25) is 0 Å². The fraction of sp³-hybridized carbons (Fsp3) is 0.586. The van der Waals surface area contributed by atoms with Gasteiger partial charge in [-0.05, 0) is 13.3 Å². The number of quaternary nitrogens is 1. The molecule has 2 aromatic carbocycles. The summed E-state index contributed by atoms with van der Waals surface area (Å²) in [5.41, 5.74) is 3.02. The molecule has 0 fully saturated rings. The van der Waals surface area contributed by atoms with Crippen molar-refractivity contribution in [3.8, 4) is 0 Å². The standard InChI is InChI=1S/C29H46N/c1-5-6-7-8-9-10-11-12-13-20-25-29(2,28-23-18-15-19-24-28)30(3,4)26-27-21-16-14-17-22-27/h14-19,21-24H,5-13,20,25-26H2,1-4H3/q+1. The molecule has 0 amide bonds. The molecule has 0 N–H and O–H groups in total. The fourth-order valence-electron chi connectivity index (χ4n) is 4.76. The van der Waals surface area contributed by atoms with E-state index < -0.39 is 0 Å². The lowest BCUT2D eigenvalue weighted by molar-refractivity contribution is -0.961. The van der Waals surface area contributed by atoms with Gasteiger partial charge in [-0.15, -0.1) is 0 Å². The number of benzene rings is 2. The highest BCUT2D eigenvalue weighted by Crippen LogP contribution is 2.39. The summed E-state index contributed by atoms with van der Waals surface area (Å²) >= 11 is 0. The lowest BCUT2D eigenvalue weighted by Gasteiger charge is -2.47. The van der Waals surface area contributed by atoms with Crippen molar-refractivity contribution in [2.24, 2.45) is 0 Å². The number of hydrogen-bond donors (Lipinski definition) is 0. The Morgan fingerprint density at radius 3 is 1.63 bits per heavy atom. The topological polar surface area (TPSA) is 0 Å². The van der Waals surface area contributed by atoms with Crippen LogP contribution in [0.2, 0.25) is 0 Å². The molecule has 1 atom stereocenters. The quantitative estimate of drug-likeness (QED) is 0.205. The van der Waals surface area contributed by atoms with Crippen LogP contribution in [0.4, 0.5) is 0 Å². The van der Waals surface area contributed by atoms with Crippen LogP contribution >= 0.6 is 0 Å². The monoisotopic (exact) mass is 408 g/mol. The third kappa shape index (κ3) is 7.58. The average molecular weight is 409 g/mol. The predicted molar refractivity (Wildman–Crippen MR) is 133 cm³/mol. The molecule has 2 rings (SSSR count). The van der Waals surface area contributed by atoms with Crippen LogP contribution in [0, 0.1) is 0 Å². The molecular formula is C29H46N+. The van der Waals surface area contributed by atoms with E-state index in [-0.39, 0.29) is 5.54 Å². The van der Waals surface area contributed by atoms with Gasteiger partial charge in [0.25, 0.3) is 0 Å². The largest absolute Gasteiger partial charge is 0.316 e. The predicted octanol–water partition coefficient (Wildman–Crippen LogP) is 8.49. The van der Waals surface area contributed by atoms with Crippen LogP contribution in [-0.2, 0) is 12.1 Å². The van der Waals surface area contributed by atoms with Gasteiger partial charge in [0.05, 0.1) is 14.1 Å². The summed E-state index contributed by atoms with van der Waals surface area (Å²) < 4.78 is 0.985. The van der Waals surface area contributed by atoms with Crippen LogP contribution in [0.25, 0.3) is 0 Å². The van der Waals surface area contributed by atoms with Crippen LogP contribution in [0.15, 0.2) is 60.7 Å². The molecule has 1 nitrogen and oxygen atoms in total. The summed E-state index contributed by atoms with van der Waals surface area (Å²) in [4.78, 5) is 0. The molecule has 30 heavy (non-hydrogen) atoms. The van der Waals surface area contributed by atoms with E-state index in [1.54, 1.807) is 0 Å². The Kier molecular flexibility index (Phi) is 10.6. The van der Waals surface area contributed by atoms with Crippen molar-refractivity contribution in [3.05, 3.63) is 71.8 Å². The first kappa shape index (κ1) is 24.7. The number of rotatable bonds is 15. The summed E-state index contributed by atoms with van der Waals surface area (Å²) in [5, 5.41) is 0. The second kappa shape index (κ2) is 13.0. The molecule has 0 aliphatic heterocycles. The maximum atomic E-state index is 2.49. The smallest absolute Gasteiger partial charge is 0.122 e. The zero-order valence-electron chi connectivity index (χ0n) is 20.2. The van der Waals surface area contributed by atoms with Gasteiger partial charge < -0.3 is 4.48 Å². The van der Waals surface area contributed by atoms with E-state index in [9.17, 15) is 0 Å². The zero-order chi connectivity index (χ0) is 21.7. The van der Waals surface area contributed by atoms with Gasteiger partial charge in [-0.25, -0.2) is 0 Å². The Morgan fingerprint density at radius 1 is 0.633 bits per heavy atom. The molecule has 1 unspecified atom stereocenters. The summed E-state index contributed by atoms with van der Waals surface area (Å²) in [7, 11) is 4.83. The average Bonchev–Trinajstić information content (AvgIpc) is 2.76. The van der Waals surface area contributed by atoms with Gasteiger partial charge in [0.15, 0.2) is 0 Å². The first-order valence-electron chi connectivity index (χ1n) is 12.4. The van der Waals surface area contributed by atoms with Crippen molar-refractivity contribution in [1.82, 2.24) is 0 Å². The Bertz CT molecular complexity index is 676. The summed E-state index contributed by atoms with van der Waals surface area (Å²) in [6.45, 7) is 5.84. The number of nitrogens with zero attached hydrogens (tertiary/aromatic N) is 1. The molecule has 0 heterocycles. The van der Waals surface area contributed by atoms with E-state index in [1.807, 2.05) is 0 Å². The molecule has 1 heteroatoms. The minimum Gasteiger partial charge on any atom is -0.316 e. The Labute approximate surface area is 187 Å². The molecule has 0 aromatic heterocycles. The van der Waals surface area contributed by atoms with Crippen LogP contribution in [-0.4, -0.2) is 18.6 Å². The second-order valence-corrected chi connectivity index (χ2v) is 9.90. The van der Waals surface area contributed by atoms with Crippen molar-refractivity contribution < 1.29 is 4.48 Å². The van der Waals surface area contributed by atoms with Crippen molar-refractivity contribution in [2.75, 3.05) is 14.1 Å². The van der Waals surface area contributed by atoms with E-state index >= 15 is 0 Å². The first-order valence-corrected chi connectivity index (χ1v) is 12.4. The molecule has 0 aliphatic rings. The Morgan fingerprint density at radius 2 is 1.10 bits per heavy atom. The van der Waals surface area contributed by atoms with Gasteiger partial charge in [-0.1, -0.05) is 125 Å². The van der Waals surface area contributed by atoms with Gasteiger partial charge >= 0.3 is 0 Å². The van der Waals surface area contributed by atoms with E-state index in [4.69, 9.17) is 0 Å². The van der Waals surface area contributed by atoms with Crippen LogP contribution in [0.3, 0.4) is 0 Å². The molecule has 0 saturated carbocycles. The third-order valence-electron chi connectivity index (χ3n) is 7.17. The summed E-state index contributed by atoms with van der Waals surface area (Å²) in [6.07, 6.45) is 15.2. The zero-order valence-corrected chi connectivity index (χ0v) is 20.2. The second-order valence-electron chi connectivity index (χ2n) is 9.90. The third-order valence-corrected chi connectivity index (χ3v) is 7.17. The van der Waals surface area contributed by atoms with Gasteiger partial charge in [0, 0.05) is 17.5 Å². The van der Waals surface area contributed by atoms with Gasteiger partial charge in [0.1, 0.15) is 12.1 Å². The normalized spacial score (nSPS) is 13.9. The first-order chi connectivity index (χ1) is 14.5. The van der Waals surface area contributed by atoms with Gasteiger partial charge in [-0.2, -0.15) is 0 Å². The van der Waals surface area contributed by atoms with E-state index in [0.29, 0.717) is 0 Å². The van der Waals surface area contributed by atoms with E-state index in [2.05, 4.69) is 88.6 Å².